The van der Waals surface area contributed by atoms with Crippen LogP contribution in [0, 0.1) is 5.41 Å². The van der Waals surface area contributed by atoms with Crippen molar-refractivity contribution in [3.8, 4) is 11.5 Å². The minimum absolute atomic E-state index is 0.0246. The Kier molecular flexibility index (Phi) is 4.88. The molecule has 0 aliphatic carbocycles. The first kappa shape index (κ1) is 15.1. The Balaban J connectivity index is 3.13. The van der Waals surface area contributed by atoms with E-state index < -0.39 is 6.10 Å². The molecule has 0 aliphatic rings. The fourth-order valence-corrected chi connectivity index (χ4v) is 2.20. The molecule has 1 aromatic rings. The van der Waals surface area contributed by atoms with Crippen LogP contribution in [0.5, 0.6) is 11.5 Å². The Labute approximate surface area is 114 Å². The van der Waals surface area contributed by atoms with E-state index in [9.17, 15) is 5.11 Å². The molecule has 0 aromatic heterocycles. The Morgan fingerprint density at radius 3 is 2.28 bits per heavy atom. The van der Waals surface area contributed by atoms with Crippen LogP contribution in [0.15, 0.2) is 12.1 Å². The topological polar surface area (TPSA) is 38.7 Å². The molecule has 1 unspecified atom stereocenters. The second-order valence-electron chi connectivity index (χ2n) is 5.48. The molecule has 0 fully saturated rings. The van der Waals surface area contributed by atoms with Gasteiger partial charge in [-0.2, -0.15) is 0 Å². The monoisotopic (exact) mass is 272 g/mol. The fraction of sp³-hybridized carbons (Fsp3) is 0.571. The maximum absolute atomic E-state index is 10.3. The Bertz CT molecular complexity index is 410. The lowest BCUT2D eigenvalue weighted by molar-refractivity contribution is 0.119. The van der Waals surface area contributed by atoms with E-state index in [0.29, 0.717) is 28.5 Å². The smallest absolute Gasteiger partial charge is 0.147 e. The molecular formula is C14H21ClO3. The van der Waals surface area contributed by atoms with Crippen molar-refractivity contribution in [3.05, 3.63) is 22.7 Å². The number of aliphatic hydroxyl groups is 1. The third-order valence-corrected chi connectivity index (χ3v) is 3.04. The van der Waals surface area contributed by atoms with Crippen molar-refractivity contribution in [3.63, 3.8) is 0 Å². The zero-order chi connectivity index (χ0) is 13.9. The fourth-order valence-electron chi connectivity index (χ4n) is 1.87. The molecule has 4 heteroatoms. The second kappa shape index (κ2) is 5.81. The van der Waals surface area contributed by atoms with Crippen LogP contribution >= 0.6 is 11.6 Å². The highest BCUT2D eigenvalue weighted by Gasteiger charge is 2.23. The minimum atomic E-state index is -0.608. The summed E-state index contributed by atoms with van der Waals surface area (Å²) >= 11 is 6.17. The molecule has 0 bridgehead atoms. The number of aliphatic hydroxyl groups excluding tert-OH is 1. The summed E-state index contributed by atoms with van der Waals surface area (Å²) < 4.78 is 10.4. The van der Waals surface area contributed by atoms with Gasteiger partial charge < -0.3 is 14.6 Å². The SMILES string of the molecule is COc1ccc(C(O)CC(C)(C)C)c(OC)c1Cl. The summed E-state index contributed by atoms with van der Waals surface area (Å²) in [5.41, 5.74) is 0.717. The molecule has 0 aliphatic heterocycles. The van der Waals surface area contributed by atoms with Crippen molar-refractivity contribution in [2.75, 3.05) is 14.2 Å². The van der Waals surface area contributed by atoms with Crippen LogP contribution in [-0.4, -0.2) is 19.3 Å². The first-order chi connectivity index (χ1) is 8.30. The molecule has 3 nitrogen and oxygen atoms in total. The summed E-state index contributed by atoms with van der Waals surface area (Å²) in [6.45, 7) is 6.23. The molecule has 0 spiro atoms. The molecule has 0 amide bonds. The normalized spacial score (nSPS) is 13.3. The summed E-state index contributed by atoms with van der Waals surface area (Å²) in [6, 6.07) is 3.53. The Morgan fingerprint density at radius 1 is 1.22 bits per heavy atom. The summed E-state index contributed by atoms with van der Waals surface area (Å²) in [5.74, 6) is 1.02. The highest BCUT2D eigenvalue weighted by molar-refractivity contribution is 6.33. The van der Waals surface area contributed by atoms with Gasteiger partial charge >= 0.3 is 0 Å². The molecule has 1 N–H and O–H groups in total. The van der Waals surface area contributed by atoms with Crippen LogP contribution in [0.4, 0.5) is 0 Å². The number of methoxy groups -OCH3 is 2. The average Bonchev–Trinajstić information content (AvgIpc) is 2.26. The molecule has 1 aromatic carbocycles. The van der Waals surface area contributed by atoms with E-state index in [0.717, 1.165) is 0 Å². The second-order valence-corrected chi connectivity index (χ2v) is 5.86. The van der Waals surface area contributed by atoms with Crippen LogP contribution < -0.4 is 9.47 Å². The van der Waals surface area contributed by atoms with Crippen LogP contribution in [0.1, 0.15) is 38.9 Å². The van der Waals surface area contributed by atoms with E-state index >= 15 is 0 Å². The van der Waals surface area contributed by atoms with Gasteiger partial charge in [-0.05, 0) is 24.0 Å². The first-order valence-electron chi connectivity index (χ1n) is 5.88. The lowest BCUT2D eigenvalue weighted by Crippen LogP contribution is -2.12. The zero-order valence-corrected chi connectivity index (χ0v) is 12.3. The summed E-state index contributed by atoms with van der Waals surface area (Å²) in [5, 5.41) is 10.7. The molecular weight excluding hydrogens is 252 g/mol. The zero-order valence-electron chi connectivity index (χ0n) is 11.6. The van der Waals surface area contributed by atoms with E-state index in [2.05, 4.69) is 20.8 Å². The van der Waals surface area contributed by atoms with Gasteiger partial charge in [0.05, 0.1) is 20.3 Å². The maximum Gasteiger partial charge on any atom is 0.147 e. The van der Waals surface area contributed by atoms with Crippen LogP contribution in [-0.2, 0) is 0 Å². The van der Waals surface area contributed by atoms with Gasteiger partial charge in [-0.15, -0.1) is 0 Å². The third-order valence-electron chi connectivity index (χ3n) is 2.68. The number of ether oxygens (including phenoxy) is 2. The van der Waals surface area contributed by atoms with Crippen molar-refractivity contribution in [1.82, 2.24) is 0 Å². The Morgan fingerprint density at radius 2 is 1.83 bits per heavy atom. The van der Waals surface area contributed by atoms with Crippen LogP contribution in [0.2, 0.25) is 5.02 Å². The molecule has 0 radical (unpaired) electrons. The highest BCUT2D eigenvalue weighted by Crippen LogP contribution is 2.41. The van der Waals surface area contributed by atoms with Gasteiger partial charge in [0.2, 0.25) is 0 Å². The molecule has 102 valence electrons. The highest BCUT2D eigenvalue weighted by atomic mass is 35.5. The molecule has 1 rings (SSSR count). The summed E-state index contributed by atoms with van der Waals surface area (Å²) in [6.07, 6.45) is 0.0230. The van der Waals surface area contributed by atoms with Crippen molar-refractivity contribution in [2.45, 2.75) is 33.3 Å². The average molecular weight is 273 g/mol. The Hall–Kier alpha value is -0.930. The first-order valence-corrected chi connectivity index (χ1v) is 6.26. The van der Waals surface area contributed by atoms with Crippen molar-refractivity contribution >= 4 is 11.6 Å². The number of hydrogen-bond donors (Lipinski definition) is 1. The standard InChI is InChI=1S/C14H21ClO3/c1-14(2,3)8-10(16)9-6-7-11(17-4)12(15)13(9)18-5/h6-7,10,16H,8H2,1-5H3. The van der Waals surface area contributed by atoms with E-state index in [1.165, 1.54) is 7.11 Å². The maximum atomic E-state index is 10.3. The predicted molar refractivity (Wildman–Crippen MR) is 73.6 cm³/mol. The van der Waals surface area contributed by atoms with Crippen molar-refractivity contribution < 1.29 is 14.6 Å². The predicted octanol–water partition coefficient (Wildman–Crippen LogP) is 3.83. The number of benzene rings is 1. The summed E-state index contributed by atoms with van der Waals surface area (Å²) in [4.78, 5) is 0. The van der Waals surface area contributed by atoms with Gasteiger partial charge in [0.15, 0.2) is 0 Å². The van der Waals surface area contributed by atoms with Gasteiger partial charge in [-0.25, -0.2) is 0 Å². The van der Waals surface area contributed by atoms with Crippen molar-refractivity contribution in [2.24, 2.45) is 5.41 Å². The molecule has 0 saturated carbocycles. The lowest BCUT2D eigenvalue weighted by atomic mass is 9.86. The van der Waals surface area contributed by atoms with E-state index in [4.69, 9.17) is 21.1 Å². The van der Waals surface area contributed by atoms with Crippen LogP contribution in [0.3, 0.4) is 0 Å². The van der Waals surface area contributed by atoms with E-state index in [1.54, 1.807) is 19.2 Å². The van der Waals surface area contributed by atoms with E-state index in [1.807, 2.05) is 0 Å². The molecule has 1 atom stereocenters. The van der Waals surface area contributed by atoms with Gasteiger partial charge in [0.25, 0.3) is 0 Å². The van der Waals surface area contributed by atoms with Gasteiger partial charge in [-0.1, -0.05) is 32.4 Å². The van der Waals surface area contributed by atoms with Gasteiger partial charge in [-0.3, -0.25) is 0 Å². The van der Waals surface area contributed by atoms with E-state index in [-0.39, 0.29) is 5.41 Å². The largest absolute Gasteiger partial charge is 0.495 e. The minimum Gasteiger partial charge on any atom is -0.495 e. The molecule has 18 heavy (non-hydrogen) atoms. The van der Waals surface area contributed by atoms with Crippen molar-refractivity contribution in [1.29, 1.82) is 0 Å². The lowest BCUT2D eigenvalue weighted by Gasteiger charge is -2.24. The van der Waals surface area contributed by atoms with Crippen LogP contribution in [0.25, 0.3) is 0 Å². The van der Waals surface area contributed by atoms with Gasteiger partial charge in [0.1, 0.15) is 16.5 Å². The quantitative estimate of drug-likeness (QED) is 0.905. The molecule has 0 heterocycles. The molecule has 0 saturated heterocycles. The number of halogens is 1. The van der Waals surface area contributed by atoms with Gasteiger partial charge in [0, 0.05) is 5.56 Å². The summed E-state index contributed by atoms with van der Waals surface area (Å²) in [7, 11) is 3.08. The number of hydrogen-bond acceptors (Lipinski definition) is 3. The third kappa shape index (κ3) is 3.53. The number of rotatable bonds is 4.